The highest BCUT2D eigenvalue weighted by Crippen LogP contribution is 2.28. The molecule has 0 bridgehead atoms. The lowest BCUT2D eigenvalue weighted by molar-refractivity contribution is 0.535. The molecule has 2 nitrogen and oxygen atoms in total. The Morgan fingerprint density at radius 2 is 2.44 bits per heavy atom. The Kier molecular flexibility index (Phi) is 4.67. The molecule has 90 valence electrons. The molecule has 1 heterocycles. The van der Waals surface area contributed by atoms with Crippen LogP contribution in [-0.2, 0) is 13.0 Å². The van der Waals surface area contributed by atoms with Crippen LogP contribution in [0.1, 0.15) is 36.1 Å². The molecule has 2 atom stereocenters. The number of aromatic nitrogens is 1. The first-order chi connectivity index (χ1) is 7.83. The van der Waals surface area contributed by atoms with Crippen LogP contribution in [0.3, 0.4) is 0 Å². The van der Waals surface area contributed by atoms with Crippen molar-refractivity contribution in [2.24, 2.45) is 0 Å². The molecule has 1 N–H and O–H groups in total. The molecule has 1 aromatic heterocycles. The predicted octanol–water partition coefficient (Wildman–Crippen LogP) is 3.08. The monoisotopic (exact) mass is 256 g/mol. The Labute approximate surface area is 106 Å². The Bertz CT molecular complexity index is 325. The van der Waals surface area contributed by atoms with Gasteiger partial charge in [-0.05, 0) is 25.5 Å². The highest BCUT2D eigenvalue weighted by molar-refractivity contribution is 7.99. The molecule has 2 rings (SSSR count). The van der Waals surface area contributed by atoms with Gasteiger partial charge in [0.05, 0.1) is 5.01 Å². The SMILES string of the molecule is CCc1ncc(CNC2CCCC2SC)s1. The minimum absolute atomic E-state index is 0.710. The highest BCUT2D eigenvalue weighted by Gasteiger charge is 2.25. The molecular weight excluding hydrogens is 236 g/mol. The number of nitrogens with zero attached hydrogens (tertiary/aromatic N) is 1. The summed E-state index contributed by atoms with van der Waals surface area (Å²) >= 11 is 3.86. The summed E-state index contributed by atoms with van der Waals surface area (Å²) < 4.78 is 0. The lowest BCUT2D eigenvalue weighted by Gasteiger charge is -2.18. The third-order valence-corrected chi connectivity index (χ3v) is 5.51. The highest BCUT2D eigenvalue weighted by atomic mass is 32.2. The number of rotatable bonds is 5. The van der Waals surface area contributed by atoms with E-state index in [1.54, 1.807) is 0 Å². The smallest absolute Gasteiger partial charge is 0.0925 e. The Hall–Kier alpha value is -0.0600. The summed E-state index contributed by atoms with van der Waals surface area (Å²) in [6.07, 6.45) is 9.41. The van der Waals surface area contributed by atoms with Gasteiger partial charge in [-0.25, -0.2) is 4.98 Å². The van der Waals surface area contributed by atoms with Gasteiger partial charge in [0, 0.05) is 28.9 Å². The molecule has 0 saturated heterocycles. The average Bonchev–Trinajstić information content (AvgIpc) is 2.94. The summed E-state index contributed by atoms with van der Waals surface area (Å²) in [4.78, 5) is 5.77. The van der Waals surface area contributed by atoms with Crippen molar-refractivity contribution >= 4 is 23.1 Å². The molecule has 1 fully saturated rings. The van der Waals surface area contributed by atoms with Gasteiger partial charge in [-0.3, -0.25) is 0 Å². The lowest BCUT2D eigenvalue weighted by Crippen LogP contribution is -2.33. The van der Waals surface area contributed by atoms with Gasteiger partial charge in [-0.1, -0.05) is 13.3 Å². The maximum Gasteiger partial charge on any atom is 0.0925 e. The number of thiazole rings is 1. The summed E-state index contributed by atoms with van der Waals surface area (Å²) in [5.74, 6) is 0. The summed E-state index contributed by atoms with van der Waals surface area (Å²) in [6, 6.07) is 0.710. The van der Waals surface area contributed by atoms with Crippen LogP contribution in [0.4, 0.5) is 0 Å². The van der Waals surface area contributed by atoms with Crippen molar-refractivity contribution in [1.82, 2.24) is 10.3 Å². The number of hydrogen-bond donors (Lipinski definition) is 1. The molecule has 1 aliphatic rings. The molecule has 0 aromatic carbocycles. The first kappa shape index (κ1) is 12.4. The van der Waals surface area contributed by atoms with Crippen molar-refractivity contribution in [2.45, 2.75) is 50.4 Å². The van der Waals surface area contributed by atoms with Crippen LogP contribution < -0.4 is 5.32 Å². The minimum atomic E-state index is 0.710. The van der Waals surface area contributed by atoms with Gasteiger partial charge in [-0.15, -0.1) is 11.3 Å². The van der Waals surface area contributed by atoms with Crippen LogP contribution in [0.25, 0.3) is 0 Å². The second-order valence-corrected chi connectivity index (χ2v) is 6.54. The first-order valence-electron chi connectivity index (χ1n) is 6.03. The van der Waals surface area contributed by atoms with Crippen LogP contribution in [-0.4, -0.2) is 22.5 Å². The van der Waals surface area contributed by atoms with E-state index in [1.807, 2.05) is 29.3 Å². The van der Waals surface area contributed by atoms with E-state index in [4.69, 9.17) is 0 Å². The van der Waals surface area contributed by atoms with Crippen molar-refractivity contribution in [1.29, 1.82) is 0 Å². The van der Waals surface area contributed by atoms with Gasteiger partial charge in [0.2, 0.25) is 0 Å². The Morgan fingerprint density at radius 1 is 1.56 bits per heavy atom. The van der Waals surface area contributed by atoms with Crippen molar-refractivity contribution in [3.63, 3.8) is 0 Å². The molecule has 2 unspecified atom stereocenters. The number of aryl methyl sites for hydroxylation is 1. The van der Waals surface area contributed by atoms with E-state index in [0.717, 1.165) is 18.2 Å². The normalized spacial score (nSPS) is 25.1. The summed E-state index contributed by atoms with van der Waals surface area (Å²) in [7, 11) is 0. The zero-order valence-electron chi connectivity index (χ0n) is 10.0. The van der Waals surface area contributed by atoms with Crippen LogP contribution >= 0.6 is 23.1 Å². The fourth-order valence-electron chi connectivity index (χ4n) is 2.27. The maximum atomic E-state index is 4.39. The van der Waals surface area contributed by atoms with Gasteiger partial charge in [0.15, 0.2) is 0 Å². The zero-order valence-corrected chi connectivity index (χ0v) is 11.7. The van der Waals surface area contributed by atoms with Crippen LogP contribution in [0, 0.1) is 0 Å². The summed E-state index contributed by atoms with van der Waals surface area (Å²) in [6.45, 7) is 3.16. The summed E-state index contributed by atoms with van der Waals surface area (Å²) in [5, 5.41) is 5.76. The van der Waals surface area contributed by atoms with Crippen LogP contribution in [0.2, 0.25) is 0 Å². The predicted molar refractivity (Wildman–Crippen MR) is 73.3 cm³/mol. The molecule has 4 heteroatoms. The van der Waals surface area contributed by atoms with E-state index >= 15 is 0 Å². The maximum absolute atomic E-state index is 4.39. The van der Waals surface area contributed by atoms with Gasteiger partial charge < -0.3 is 5.32 Å². The van der Waals surface area contributed by atoms with Crippen molar-refractivity contribution < 1.29 is 0 Å². The lowest BCUT2D eigenvalue weighted by atomic mass is 10.2. The van der Waals surface area contributed by atoms with Crippen molar-refractivity contribution in [3.8, 4) is 0 Å². The largest absolute Gasteiger partial charge is 0.308 e. The molecule has 0 radical (unpaired) electrons. The minimum Gasteiger partial charge on any atom is -0.308 e. The fraction of sp³-hybridized carbons (Fsp3) is 0.750. The fourth-order valence-corrected chi connectivity index (χ4v) is 4.04. The quantitative estimate of drug-likeness (QED) is 0.876. The van der Waals surface area contributed by atoms with Crippen molar-refractivity contribution in [2.75, 3.05) is 6.26 Å². The van der Waals surface area contributed by atoms with E-state index in [2.05, 4.69) is 23.5 Å². The van der Waals surface area contributed by atoms with Crippen molar-refractivity contribution in [3.05, 3.63) is 16.1 Å². The van der Waals surface area contributed by atoms with Crippen LogP contribution in [0.5, 0.6) is 0 Å². The summed E-state index contributed by atoms with van der Waals surface area (Å²) in [5.41, 5.74) is 0. The number of hydrogen-bond acceptors (Lipinski definition) is 4. The van der Waals surface area contributed by atoms with Gasteiger partial charge >= 0.3 is 0 Å². The van der Waals surface area contributed by atoms with E-state index < -0.39 is 0 Å². The molecule has 0 aliphatic heterocycles. The third-order valence-electron chi connectivity index (χ3n) is 3.20. The second kappa shape index (κ2) is 6.03. The van der Waals surface area contributed by atoms with E-state index in [1.165, 1.54) is 29.1 Å². The molecule has 1 aliphatic carbocycles. The Morgan fingerprint density at radius 3 is 3.12 bits per heavy atom. The second-order valence-electron chi connectivity index (χ2n) is 4.27. The molecular formula is C12H20N2S2. The van der Waals surface area contributed by atoms with Crippen LogP contribution in [0.15, 0.2) is 6.20 Å². The van der Waals surface area contributed by atoms with Gasteiger partial charge in [-0.2, -0.15) is 11.8 Å². The molecule has 16 heavy (non-hydrogen) atoms. The number of thioether (sulfide) groups is 1. The molecule has 1 saturated carbocycles. The average molecular weight is 256 g/mol. The first-order valence-corrected chi connectivity index (χ1v) is 8.13. The third kappa shape index (κ3) is 2.99. The zero-order chi connectivity index (χ0) is 11.4. The standard InChI is InChI=1S/C12H20N2S2/c1-3-12-14-8-9(16-12)7-13-10-5-4-6-11(10)15-2/h8,10-11,13H,3-7H2,1-2H3. The molecule has 1 aromatic rings. The number of nitrogens with one attached hydrogen (secondary N) is 1. The topological polar surface area (TPSA) is 24.9 Å². The van der Waals surface area contributed by atoms with Gasteiger partial charge in [0.1, 0.15) is 0 Å². The molecule has 0 amide bonds. The van der Waals surface area contributed by atoms with E-state index in [-0.39, 0.29) is 0 Å². The van der Waals surface area contributed by atoms with E-state index in [9.17, 15) is 0 Å². The molecule has 0 spiro atoms. The van der Waals surface area contributed by atoms with E-state index in [0.29, 0.717) is 6.04 Å². The Balaban J connectivity index is 1.82. The van der Waals surface area contributed by atoms with Gasteiger partial charge in [0.25, 0.3) is 0 Å².